The zero-order valence-electron chi connectivity index (χ0n) is 15.8. The van der Waals surface area contributed by atoms with Crippen LogP contribution in [0.2, 0.25) is 0 Å². The molecule has 8 heteroatoms. The quantitative estimate of drug-likeness (QED) is 0.571. The highest BCUT2D eigenvalue weighted by Gasteiger charge is 2.26. The summed E-state index contributed by atoms with van der Waals surface area (Å²) >= 11 is 0. The summed E-state index contributed by atoms with van der Waals surface area (Å²) in [7, 11) is -3.89. The molecule has 2 aromatic carbocycles. The number of hydrogen-bond donors (Lipinski definition) is 1. The maximum atomic E-state index is 13.2. The summed E-state index contributed by atoms with van der Waals surface area (Å²) in [5, 5.41) is 9.03. The second-order valence-corrected chi connectivity index (χ2v) is 8.20. The fraction of sp³-hybridized carbons (Fsp3) is 0.190. The van der Waals surface area contributed by atoms with E-state index < -0.39 is 16.0 Å². The van der Waals surface area contributed by atoms with Crippen molar-refractivity contribution in [2.45, 2.75) is 24.9 Å². The molecule has 152 valence electrons. The number of carboxylic acids is 1. The first kappa shape index (κ1) is 20.6. The number of carbonyl (C=O) groups is 1. The van der Waals surface area contributed by atoms with Crippen molar-refractivity contribution in [1.29, 1.82) is 0 Å². The van der Waals surface area contributed by atoms with Crippen molar-refractivity contribution in [3.63, 3.8) is 0 Å². The normalized spacial score (nSPS) is 11.5. The molecule has 1 heterocycles. The monoisotopic (exact) mass is 415 g/mol. The van der Waals surface area contributed by atoms with Gasteiger partial charge in [-0.25, -0.2) is 13.2 Å². The van der Waals surface area contributed by atoms with E-state index >= 15 is 0 Å². The third-order valence-electron chi connectivity index (χ3n) is 4.24. The Morgan fingerprint density at radius 1 is 1.03 bits per heavy atom. The Kier molecular flexibility index (Phi) is 6.36. The topological polar surface area (TPSA) is 97.0 Å². The minimum absolute atomic E-state index is 0.0139. The number of nitrogens with zero attached hydrogens (tertiary/aromatic N) is 1. The third-order valence-corrected chi connectivity index (χ3v) is 6.05. The molecule has 7 nitrogen and oxygen atoms in total. The molecule has 3 rings (SSSR count). The maximum absolute atomic E-state index is 13.2. The van der Waals surface area contributed by atoms with Crippen molar-refractivity contribution < 1.29 is 27.5 Å². The second-order valence-electron chi connectivity index (χ2n) is 6.26. The zero-order valence-corrected chi connectivity index (χ0v) is 16.6. The molecule has 3 aromatic rings. The lowest BCUT2D eigenvalue weighted by Crippen LogP contribution is -2.30. The van der Waals surface area contributed by atoms with E-state index in [1.807, 2.05) is 19.1 Å². The molecule has 0 saturated heterocycles. The summed E-state index contributed by atoms with van der Waals surface area (Å²) in [4.78, 5) is 11.1. The Bertz CT molecular complexity index is 1040. The van der Waals surface area contributed by atoms with Gasteiger partial charge >= 0.3 is 5.97 Å². The van der Waals surface area contributed by atoms with Crippen LogP contribution in [-0.2, 0) is 23.1 Å². The molecule has 29 heavy (non-hydrogen) atoms. The summed E-state index contributed by atoms with van der Waals surface area (Å²) in [6.07, 6.45) is 1.48. The van der Waals surface area contributed by atoms with E-state index in [2.05, 4.69) is 0 Å². The lowest BCUT2D eigenvalue weighted by molar-refractivity contribution is 0.0696. The highest BCUT2D eigenvalue weighted by Crippen LogP contribution is 2.23. The number of sulfonamides is 1. The molecule has 0 unspecified atom stereocenters. The number of carboxylic acid groups (broad SMARTS) is 1. The Morgan fingerprint density at radius 2 is 1.72 bits per heavy atom. The highest BCUT2D eigenvalue weighted by molar-refractivity contribution is 7.89. The van der Waals surface area contributed by atoms with Gasteiger partial charge in [-0.2, -0.15) is 4.31 Å². The fourth-order valence-corrected chi connectivity index (χ4v) is 4.18. The van der Waals surface area contributed by atoms with Gasteiger partial charge in [0.25, 0.3) is 0 Å². The summed E-state index contributed by atoms with van der Waals surface area (Å²) in [5.74, 6) is 0.0957. The van der Waals surface area contributed by atoms with Crippen LogP contribution in [0.5, 0.6) is 5.75 Å². The first-order valence-electron chi connectivity index (χ1n) is 8.98. The zero-order chi connectivity index (χ0) is 20.9. The second kappa shape index (κ2) is 8.93. The Hall–Kier alpha value is -3.10. The van der Waals surface area contributed by atoms with E-state index in [0.29, 0.717) is 18.1 Å². The van der Waals surface area contributed by atoms with Gasteiger partial charge in [-0.1, -0.05) is 12.1 Å². The van der Waals surface area contributed by atoms with Crippen LogP contribution in [0.4, 0.5) is 0 Å². The van der Waals surface area contributed by atoms with Crippen LogP contribution in [0.3, 0.4) is 0 Å². The first-order valence-corrected chi connectivity index (χ1v) is 10.4. The van der Waals surface area contributed by atoms with Crippen LogP contribution in [-0.4, -0.2) is 30.4 Å². The van der Waals surface area contributed by atoms with Crippen LogP contribution < -0.4 is 4.74 Å². The molecule has 0 aliphatic carbocycles. The fourth-order valence-electron chi connectivity index (χ4n) is 2.78. The average molecular weight is 415 g/mol. The van der Waals surface area contributed by atoms with Gasteiger partial charge in [-0.05, 0) is 61.0 Å². The van der Waals surface area contributed by atoms with Gasteiger partial charge < -0.3 is 14.3 Å². The number of furan rings is 1. The lowest BCUT2D eigenvalue weighted by Gasteiger charge is -2.21. The lowest BCUT2D eigenvalue weighted by atomic mass is 10.2. The van der Waals surface area contributed by atoms with Gasteiger partial charge in [0.15, 0.2) is 0 Å². The molecular weight excluding hydrogens is 394 g/mol. The van der Waals surface area contributed by atoms with Crippen molar-refractivity contribution in [2.24, 2.45) is 0 Å². The summed E-state index contributed by atoms with van der Waals surface area (Å²) < 4.78 is 38.5. The molecule has 1 aromatic heterocycles. The summed E-state index contributed by atoms with van der Waals surface area (Å²) in [6.45, 7) is 2.60. The highest BCUT2D eigenvalue weighted by atomic mass is 32.2. The van der Waals surface area contributed by atoms with Crippen molar-refractivity contribution in [3.05, 3.63) is 83.8 Å². The van der Waals surface area contributed by atoms with Gasteiger partial charge in [0.1, 0.15) is 11.5 Å². The SMILES string of the molecule is CCOc1ccc(CN(Cc2ccco2)S(=O)(=O)c2ccc(C(=O)O)cc2)cc1. The molecule has 0 atom stereocenters. The van der Waals surface area contributed by atoms with Crippen LogP contribution in [0.1, 0.15) is 28.6 Å². The smallest absolute Gasteiger partial charge is 0.335 e. The van der Waals surface area contributed by atoms with Crippen LogP contribution in [0.25, 0.3) is 0 Å². The van der Waals surface area contributed by atoms with Gasteiger partial charge in [0.05, 0.1) is 29.9 Å². The largest absolute Gasteiger partial charge is 0.494 e. The van der Waals surface area contributed by atoms with Crippen molar-refractivity contribution in [2.75, 3.05) is 6.61 Å². The third kappa shape index (κ3) is 5.04. The predicted octanol–water partition coefficient (Wildman–Crippen LogP) is 3.77. The molecule has 0 amide bonds. The molecule has 0 fully saturated rings. The van der Waals surface area contributed by atoms with E-state index in [0.717, 1.165) is 5.56 Å². The van der Waals surface area contributed by atoms with Crippen LogP contribution in [0.15, 0.2) is 76.2 Å². The summed E-state index contributed by atoms with van der Waals surface area (Å²) in [5.41, 5.74) is 0.804. The first-order chi connectivity index (χ1) is 13.9. The Balaban J connectivity index is 1.90. The number of ether oxygens (including phenoxy) is 1. The molecule has 0 aliphatic rings. The standard InChI is InChI=1S/C21H21NO6S/c1-2-27-18-9-5-16(6-10-18)14-22(15-19-4-3-13-28-19)29(25,26)20-11-7-17(8-12-20)21(23)24/h3-13H,2,14-15H2,1H3,(H,23,24). The molecular formula is C21H21NO6S. The predicted molar refractivity (Wildman–Crippen MR) is 106 cm³/mol. The van der Waals surface area contributed by atoms with E-state index in [4.69, 9.17) is 14.3 Å². The van der Waals surface area contributed by atoms with Gasteiger partial charge in [-0.15, -0.1) is 0 Å². The maximum Gasteiger partial charge on any atom is 0.335 e. The van der Waals surface area contributed by atoms with E-state index in [-0.39, 0.29) is 23.5 Å². The van der Waals surface area contributed by atoms with Crippen LogP contribution >= 0.6 is 0 Å². The number of benzene rings is 2. The Labute approximate surface area is 169 Å². The van der Waals surface area contributed by atoms with E-state index in [9.17, 15) is 13.2 Å². The molecule has 0 bridgehead atoms. The molecule has 1 N–H and O–H groups in total. The molecule has 0 radical (unpaired) electrons. The molecule has 0 aliphatic heterocycles. The minimum Gasteiger partial charge on any atom is -0.494 e. The van der Waals surface area contributed by atoms with Crippen molar-refractivity contribution in [1.82, 2.24) is 4.31 Å². The molecule has 0 spiro atoms. The average Bonchev–Trinajstić information content (AvgIpc) is 3.22. The summed E-state index contributed by atoms with van der Waals surface area (Å²) in [6, 6.07) is 15.7. The van der Waals surface area contributed by atoms with Gasteiger partial charge in [0, 0.05) is 6.54 Å². The number of aromatic carboxylic acids is 1. The van der Waals surface area contributed by atoms with Crippen molar-refractivity contribution in [3.8, 4) is 5.75 Å². The Morgan fingerprint density at radius 3 is 2.28 bits per heavy atom. The van der Waals surface area contributed by atoms with Gasteiger partial charge in [0.2, 0.25) is 10.0 Å². The van der Waals surface area contributed by atoms with E-state index in [1.54, 1.807) is 24.3 Å². The number of rotatable bonds is 9. The number of hydrogen-bond acceptors (Lipinski definition) is 5. The van der Waals surface area contributed by atoms with E-state index in [1.165, 1.54) is 34.8 Å². The minimum atomic E-state index is -3.89. The van der Waals surface area contributed by atoms with Crippen LogP contribution in [0, 0.1) is 0 Å². The molecule has 0 saturated carbocycles. The van der Waals surface area contributed by atoms with Gasteiger partial charge in [-0.3, -0.25) is 0 Å². The van der Waals surface area contributed by atoms with Crippen molar-refractivity contribution >= 4 is 16.0 Å².